The van der Waals surface area contributed by atoms with E-state index in [0.717, 1.165) is 16.7 Å². The number of imidazole rings is 1. The third-order valence-corrected chi connectivity index (χ3v) is 7.12. The quantitative estimate of drug-likeness (QED) is 0.124. The van der Waals surface area contributed by atoms with Gasteiger partial charge < -0.3 is 9.47 Å². The summed E-state index contributed by atoms with van der Waals surface area (Å²) in [6.07, 6.45) is 2.59. The summed E-state index contributed by atoms with van der Waals surface area (Å²) in [5, 5.41) is 0. The van der Waals surface area contributed by atoms with Gasteiger partial charge in [0.15, 0.2) is 17.2 Å². The maximum absolute atomic E-state index is 14.2. The Morgan fingerprint density at radius 3 is 2.34 bits per heavy atom. The number of hydrogen-bond acceptors (Lipinski definition) is 6. The highest BCUT2D eigenvalue weighted by Crippen LogP contribution is 2.31. The molecule has 1 unspecified atom stereocenters. The maximum Gasteiger partial charge on any atom is 0.306 e. The molecule has 44 heavy (non-hydrogen) atoms. The minimum absolute atomic E-state index is 0.0241. The van der Waals surface area contributed by atoms with Crippen molar-refractivity contribution in [1.82, 2.24) is 9.38 Å². The van der Waals surface area contributed by atoms with Crippen LogP contribution in [-0.4, -0.2) is 32.5 Å². The van der Waals surface area contributed by atoms with E-state index in [1.807, 2.05) is 31.2 Å². The molecule has 0 spiro atoms. The van der Waals surface area contributed by atoms with Crippen LogP contribution in [0.15, 0.2) is 54.7 Å². The Balaban J connectivity index is 1.65. The van der Waals surface area contributed by atoms with Crippen molar-refractivity contribution in [3.8, 4) is 5.75 Å². The zero-order chi connectivity index (χ0) is 32.2. The monoisotopic (exact) mass is 604 g/mol. The van der Waals surface area contributed by atoms with Gasteiger partial charge in [0.25, 0.3) is 0 Å². The fourth-order valence-corrected chi connectivity index (χ4v) is 5.26. The molecule has 9 heteroatoms. The molecule has 2 heterocycles. The van der Waals surface area contributed by atoms with Gasteiger partial charge in [0.2, 0.25) is 0 Å². The van der Waals surface area contributed by atoms with Crippen LogP contribution in [0.25, 0.3) is 5.65 Å². The van der Waals surface area contributed by atoms with Crippen LogP contribution in [0.4, 0.5) is 8.78 Å². The molecule has 0 aliphatic carbocycles. The highest BCUT2D eigenvalue weighted by atomic mass is 19.1. The largest absolute Gasteiger partial charge is 0.485 e. The molecule has 0 fully saturated rings. The Morgan fingerprint density at radius 1 is 1.00 bits per heavy atom. The Bertz CT molecular complexity index is 1680. The number of rotatable bonds is 12. The normalized spacial score (nSPS) is 12.3. The minimum Gasteiger partial charge on any atom is -0.485 e. The molecule has 0 saturated heterocycles. The molecule has 4 aromatic rings. The first kappa shape index (κ1) is 32.5. The molecule has 0 radical (unpaired) electrons. The van der Waals surface area contributed by atoms with Crippen molar-refractivity contribution in [2.45, 2.75) is 85.4 Å². The van der Waals surface area contributed by atoms with E-state index in [2.05, 4.69) is 4.98 Å². The zero-order valence-corrected chi connectivity index (χ0v) is 26.0. The van der Waals surface area contributed by atoms with Gasteiger partial charge in [-0.2, -0.15) is 0 Å². The second-order valence-electron chi connectivity index (χ2n) is 12.2. The van der Waals surface area contributed by atoms with Gasteiger partial charge in [-0.1, -0.05) is 30.3 Å². The number of ketones is 2. The van der Waals surface area contributed by atoms with Crippen molar-refractivity contribution in [3.05, 3.63) is 100 Å². The summed E-state index contributed by atoms with van der Waals surface area (Å²) in [4.78, 5) is 43.0. The topological polar surface area (TPSA) is 87.0 Å². The van der Waals surface area contributed by atoms with Gasteiger partial charge in [-0.3, -0.25) is 18.8 Å². The molecule has 0 bridgehead atoms. The van der Waals surface area contributed by atoms with Gasteiger partial charge in [0.05, 0.1) is 11.3 Å². The van der Waals surface area contributed by atoms with Crippen LogP contribution in [0.1, 0.15) is 91.3 Å². The minimum atomic E-state index is -0.714. The first-order valence-corrected chi connectivity index (χ1v) is 14.6. The van der Waals surface area contributed by atoms with Gasteiger partial charge in [0, 0.05) is 25.5 Å². The maximum atomic E-state index is 14.2. The van der Waals surface area contributed by atoms with Crippen LogP contribution < -0.4 is 4.74 Å². The van der Waals surface area contributed by atoms with Crippen LogP contribution >= 0.6 is 0 Å². The number of pyridine rings is 1. The zero-order valence-electron chi connectivity index (χ0n) is 26.0. The van der Waals surface area contributed by atoms with Crippen LogP contribution in [-0.2, 0) is 27.4 Å². The number of carbonyl (C=O) groups excluding carboxylic acids is 3. The Morgan fingerprint density at radius 2 is 1.68 bits per heavy atom. The molecule has 0 aliphatic rings. The molecule has 7 nitrogen and oxygen atoms in total. The van der Waals surface area contributed by atoms with Crippen molar-refractivity contribution >= 4 is 23.2 Å². The third-order valence-electron chi connectivity index (χ3n) is 7.12. The Labute approximate surface area is 256 Å². The molecular weight excluding hydrogens is 566 g/mol. The van der Waals surface area contributed by atoms with Crippen molar-refractivity contribution in [2.75, 3.05) is 0 Å². The summed E-state index contributed by atoms with van der Waals surface area (Å²) in [5.41, 5.74) is 2.78. The van der Waals surface area contributed by atoms with Crippen molar-refractivity contribution in [1.29, 1.82) is 0 Å². The molecule has 1 atom stereocenters. The van der Waals surface area contributed by atoms with Crippen LogP contribution in [0, 0.1) is 25.5 Å². The summed E-state index contributed by atoms with van der Waals surface area (Å²) in [6, 6.07) is 12.9. The number of ether oxygens (including phenoxy) is 2. The summed E-state index contributed by atoms with van der Waals surface area (Å²) in [6.45, 7) is 10.1. The molecule has 0 amide bonds. The predicted molar refractivity (Wildman–Crippen MR) is 163 cm³/mol. The summed E-state index contributed by atoms with van der Waals surface area (Å²) >= 11 is 0. The van der Waals surface area contributed by atoms with E-state index in [4.69, 9.17) is 9.47 Å². The summed E-state index contributed by atoms with van der Waals surface area (Å²) in [7, 11) is 0. The average Bonchev–Trinajstić information content (AvgIpc) is 3.25. The van der Waals surface area contributed by atoms with Gasteiger partial charge in [0.1, 0.15) is 35.3 Å². The predicted octanol–water partition coefficient (Wildman–Crippen LogP) is 7.42. The molecule has 2 aromatic carbocycles. The Hall–Kier alpha value is -4.40. The van der Waals surface area contributed by atoms with Crippen LogP contribution in [0.5, 0.6) is 5.75 Å². The van der Waals surface area contributed by atoms with Crippen LogP contribution in [0.2, 0.25) is 0 Å². The smallest absolute Gasteiger partial charge is 0.306 e. The highest BCUT2D eigenvalue weighted by Gasteiger charge is 2.26. The lowest BCUT2D eigenvalue weighted by molar-refractivity contribution is -0.155. The number of aromatic nitrogens is 2. The van der Waals surface area contributed by atoms with E-state index in [-0.39, 0.29) is 60.6 Å². The molecule has 0 N–H and O–H groups in total. The first-order valence-electron chi connectivity index (χ1n) is 14.6. The number of esters is 1. The van der Waals surface area contributed by atoms with Gasteiger partial charge in [-0.15, -0.1) is 0 Å². The highest BCUT2D eigenvalue weighted by molar-refractivity contribution is 5.97. The molecule has 4 rings (SSSR count). The lowest BCUT2D eigenvalue weighted by atomic mass is 9.87. The molecule has 0 aliphatic heterocycles. The van der Waals surface area contributed by atoms with E-state index >= 15 is 0 Å². The van der Waals surface area contributed by atoms with E-state index < -0.39 is 17.2 Å². The lowest BCUT2D eigenvalue weighted by Gasteiger charge is -2.21. The van der Waals surface area contributed by atoms with Gasteiger partial charge >= 0.3 is 5.97 Å². The SMILES string of the molecule is CC(=O)Cc1cccc(C(CCC(=O)OC(C)(C)C)CC(=O)c2c(C)nc3c(OCc4c(F)cccc4F)cc(C)cn23)c1. The van der Waals surface area contributed by atoms with Crippen molar-refractivity contribution in [2.24, 2.45) is 0 Å². The first-order chi connectivity index (χ1) is 20.7. The van der Waals surface area contributed by atoms with Gasteiger partial charge in [-0.25, -0.2) is 13.8 Å². The fourth-order valence-electron chi connectivity index (χ4n) is 5.26. The molecule has 0 saturated carbocycles. The fraction of sp³-hybridized carbons (Fsp3) is 0.371. The van der Waals surface area contributed by atoms with E-state index in [9.17, 15) is 23.2 Å². The van der Waals surface area contributed by atoms with Crippen molar-refractivity contribution in [3.63, 3.8) is 0 Å². The lowest BCUT2D eigenvalue weighted by Crippen LogP contribution is -2.24. The number of carbonyl (C=O) groups is 3. The number of nitrogens with zero attached hydrogens (tertiary/aromatic N) is 2. The number of hydrogen-bond donors (Lipinski definition) is 0. The summed E-state index contributed by atoms with van der Waals surface area (Å²) < 4.78 is 41.5. The van der Waals surface area contributed by atoms with E-state index in [1.165, 1.54) is 25.1 Å². The second kappa shape index (κ2) is 13.5. The standard InChI is InChI=1S/C35H38F2N2O5/c1-21-15-31(43-20-27-28(36)11-8-12-29(27)37)34-38-23(3)33(39(34)19-21)30(41)18-26(13-14-32(42)44-35(4,5)6)25-10-7-9-24(17-25)16-22(2)40/h7-12,15,17,19,26H,13-14,16,18,20H2,1-6H3. The van der Waals surface area contributed by atoms with E-state index in [1.54, 1.807) is 44.4 Å². The van der Waals surface area contributed by atoms with Gasteiger partial charge in [-0.05, 0) is 88.8 Å². The second-order valence-corrected chi connectivity index (χ2v) is 12.2. The van der Waals surface area contributed by atoms with E-state index in [0.29, 0.717) is 23.5 Å². The van der Waals surface area contributed by atoms with Crippen molar-refractivity contribution < 1.29 is 32.6 Å². The Kier molecular flexibility index (Phi) is 9.97. The average molecular weight is 605 g/mol. The number of Topliss-reactive ketones (excluding diaryl/α,β-unsaturated/α-hetero) is 2. The van der Waals surface area contributed by atoms with Crippen LogP contribution in [0.3, 0.4) is 0 Å². The number of fused-ring (bicyclic) bond motifs is 1. The number of benzene rings is 2. The number of halogens is 2. The molecule has 232 valence electrons. The summed E-state index contributed by atoms with van der Waals surface area (Å²) in [5.74, 6) is -2.01. The molecule has 2 aromatic heterocycles. The third kappa shape index (κ3) is 8.15. The number of aryl methyl sites for hydroxylation is 2. The molecular formula is C35H38F2N2O5.